The van der Waals surface area contributed by atoms with Crippen LogP contribution in [-0.2, 0) is 0 Å². The Hall–Kier alpha value is -2.16. The Morgan fingerprint density at radius 3 is 2.26 bits per heavy atom. The van der Waals surface area contributed by atoms with Gasteiger partial charge in [-0.15, -0.1) is 0 Å². The molecule has 3 nitrogen and oxygen atoms in total. The molecule has 19 heavy (non-hydrogen) atoms. The molecule has 100 valence electrons. The zero-order chi connectivity index (χ0) is 13.8. The minimum atomic E-state index is 0.0748. The van der Waals surface area contributed by atoms with Crippen molar-refractivity contribution in [1.82, 2.24) is 0 Å². The molecule has 0 spiro atoms. The minimum Gasteiger partial charge on any atom is -0.508 e. The number of hydrogen-bond donors (Lipinski definition) is 2. The van der Waals surface area contributed by atoms with Crippen LogP contribution in [0.3, 0.4) is 0 Å². The van der Waals surface area contributed by atoms with E-state index in [0.29, 0.717) is 0 Å². The number of phenolic OH excluding ortho intramolecular Hbond substituents is 2. The summed E-state index contributed by atoms with van der Waals surface area (Å²) in [6.07, 6.45) is 0.866. The zero-order valence-corrected chi connectivity index (χ0v) is 11.1. The zero-order valence-electron chi connectivity index (χ0n) is 11.1. The second-order valence-electron chi connectivity index (χ2n) is 4.48. The third-order valence-corrected chi connectivity index (χ3v) is 3.32. The number of aromatic hydroxyl groups is 2. The first-order chi connectivity index (χ1) is 9.15. The topological polar surface area (TPSA) is 49.7 Å². The summed E-state index contributed by atoms with van der Waals surface area (Å²) in [4.78, 5) is 0. The maximum Gasteiger partial charge on any atom is 0.123 e. The van der Waals surface area contributed by atoms with Crippen LogP contribution in [-0.4, -0.2) is 17.3 Å². The first-order valence-corrected chi connectivity index (χ1v) is 6.31. The van der Waals surface area contributed by atoms with Gasteiger partial charge in [-0.05, 0) is 30.2 Å². The molecule has 1 atom stereocenters. The molecule has 0 aromatic heterocycles. The van der Waals surface area contributed by atoms with Gasteiger partial charge in [0.25, 0.3) is 0 Å². The highest BCUT2D eigenvalue weighted by Gasteiger charge is 2.16. The van der Waals surface area contributed by atoms with E-state index in [4.69, 9.17) is 4.74 Å². The molecule has 0 bridgehead atoms. The number of methoxy groups -OCH3 is 1. The fraction of sp³-hybridized carbons (Fsp3) is 0.250. The molecule has 1 unspecified atom stereocenters. The van der Waals surface area contributed by atoms with Gasteiger partial charge in [0.2, 0.25) is 0 Å². The quantitative estimate of drug-likeness (QED) is 0.880. The minimum absolute atomic E-state index is 0.0748. The van der Waals surface area contributed by atoms with Crippen molar-refractivity contribution in [2.45, 2.75) is 19.3 Å². The Balaban J connectivity index is 2.37. The predicted octanol–water partition coefficient (Wildman–Crippen LogP) is 3.65. The molecule has 0 fully saturated rings. The van der Waals surface area contributed by atoms with Crippen molar-refractivity contribution in [3.05, 3.63) is 53.6 Å². The highest BCUT2D eigenvalue weighted by atomic mass is 16.5. The number of phenols is 2. The highest BCUT2D eigenvalue weighted by molar-refractivity contribution is 5.45. The third kappa shape index (κ3) is 2.81. The number of rotatable bonds is 4. The van der Waals surface area contributed by atoms with Gasteiger partial charge in [0.05, 0.1) is 7.11 Å². The molecule has 0 aliphatic rings. The summed E-state index contributed by atoms with van der Waals surface area (Å²) in [5.41, 5.74) is 1.94. The first-order valence-electron chi connectivity index (χ1n) is 6.31. The van der Waals surface area contributed by atoms with Crippen LogP contribution < -0.4 is 4.74 Å². The summed E-state index contributed by atoms with van der Waals surface area (Å²) in [6, 6.07) is 12.6. The van der Waals surface area contributed by atoms with Gasteiger partial charge in [0.15, 0.2) is 0 Å². The van der Waals surface area contributed by atoms with E-state index in [-0.39, 0.29) is 17.4 Å². The Kier molecular flexibility index (Phi) is 3.95. The summed E-state index contributed by atoms with van der Waals surface area (Å²) in [7, 11) is 1.64. The van der Waals surface area contributed by atoms with Gasteiger partial charge in [-0.1, -0.05) is 25.1 Å². The molecular weight excluding hydrogens is 240 g/mol. The largest absolute Gasteiger partial charge is 0.508 e. The van der Waals surface area contributed by atoms with E-state index in [1.807, 2.05) is 24.3 Å². The summed E-state index contributed by atoms with van der Waals surface area (Å²) in [5.74, 6) is 1.12. The molecule has 0 saturated carbocycles. The fourth-order valence-corrected chi connectivity index (χ4v) is 2.30. The first kappa shape index (κ1) is 13.3. The number of ether oxygens (including phenoxy) is 1. The van der Waals surface area contributed by atoms with E-state index in [1.54, 1.807) is 19.2 Å². The summed E-state index contributed by atoms with van der Waals surface area (Å²) < 4.78 is 5.15. The Labute approximate surface area is 113 Å². The van der Waals surface area contributed by atoms with Crippen molar-refractivity contribution < 1.29 is 14.9 Å². The second-order valence-corrected chi connectivity index (χ2v) is 4.48. The molecule has 0 saturated heterocycles. The normalized spacial score (nSPS) is 12.1. The van der Waals surface area contributed by atoms with Crippen molar-refractivity contribution in [1.29, 1.82) is 0 Å². The number of hydrogen-bond acceptors (Lipinski definition) is 3. The molecule has 0 aliphatic heterocycles. The lowest BCUT2D eigenvalue weighted by atomic mass is 9.88. The van der Waals surface area contributed by atoms with Gasteiger partial charge in [0, 0.05) is 17.5 Å². The van der Waals surface area contributed by atoms with Crippen LogP contribution in [0.15, 0.2) is 42.5 Å². The molecule has 2 rings (SSSR count). The SMILES string of the molecule is CCC(c1ccc(OC)cc1)c1ccc(O)cc1O. The van der Waals surface area contributed by atoms with Crippen molar-refractivity contribution in [2.75, 3.05) is 7.11 Å². The van der Waals surface area contributed by atoms with E-state index in [2.05, 4.69) is 6.92 Å². The van der Waals surface area contributed by atoms with E-state index < -0.39 is 0 Å². The van der Waals surface area contributed by atoms with Crippen molar-refractivity contribution in [3.8, 4) is 17.2 Å². The van der Waals surface area contributed by atoms with Gasteiger partial charge < -0.3 is 14.9 Å². The standard InChI is InChI=1S/C16H18O3/c1-3-14(11-4-7-13(19-2)8-5-11)15-9-6-12(17)10-16(15)18/h4-10,14,17-18H,3H2,1-2H3. The Morgan fingerprint density at radius 2 is 1.74 bits per heavy atom. The Morgan fingerprint density at radius 1 is 1.05 bits per heavy atom. The van der Waals surface area contributed by atoms with Gasteiger partial charge in [-0.25, -0.2) is 0 Å². The molecular formula is C16H18O3. The van der Waals surface area contributed by atoms with Crippen LogP contribution in [0.4, 0.5) is 0 Å². The van der Waals surface area contributed by atoms with E-state index in [0.717, 1.165) is 23.3 Å². The van der Waals surface area contributed by atoms with Crippen LogP contribution in [0.25, 0.3) is 0 Å². The Bertz CT molecular complexity index is 546. The molecule has 2 aromatic rings. The van der Waals surface area contributed by atoms with E-state index in [1.165, 1.54) is 6.07 Å². The van der Waals surface area contributed by atoms with Crippen molar-refractivity contribution >= 4 is 0 Å². The molecule has 2 aromatic carbocycles. The van der Waals surface area contributed by atoms with Gasteiger partial charge in [0.1, 0.15) is 17.2 Å². The lowest BCUT2D eigenvalue weighted by Gasteiger charge is -2.17. The molecule has 0 aliphatic carbocycles. The maximum atomic E-state index is 9.97. The van der Waals surface area contributed by atoms with Gasteiger partial charge in [-0.2, -0.15) is 0 Å². The van der Waals surface area contributed by atoms with Crippen molar-refractivity contribution in [3.63, 3.8) is 0 Å². The van der Waals surface area contributed by atoms with Crippen LogP contribution in [0, 0.1) is 0 Å². The second kappa shape index (κ2) is 5.65. The van der Waals surface area contributed by atoms with E-state index >= 15 is 0 Å². The lowest BCUT2D eigenvalue weighted by molar-refractivity contribution is 0.414. The van der Waals surface area contributed by atoms with Crippen molar-refractivity contribution in [2.24, 2.45) is 0 Å². The van der Waals surface area contributed by atoms with Crippen LogP contribution in [0.2, 0.25) is 0 Å². The third-order valence-electron chi connectivity index (χ3n) is 3.32. The molecule has 0 heterocycles. The highest BCUT2D eigenvalue weighted by Crippen LogP contribution is 2.35. The van der Waals surface area contributed by atoms with Gasteiger partial charge in [-0.3, -0.25) is 0 Å². The number of benzene rings is 2. The average Bonchev–Trinajstić information content (AvgIpc) is 2.42. The molecule has 0 amide bonds. The lowest BCUT2D eigenvalue weighted by Crippen LogP contribution is -2.00. The van der Waals surface area contributed by atoms with Crippen LogP contribution >= 0.6 is 0 Å². The average molecular weight is 258 g/mol. The van der Waals surface area contributed by atoms with Crippen LogP contribution in [0.5, 0.6) is 17.2 Å². The van der Waals surface area contributed by atoms with E-state index in [9.17, 15) is 10.2 Å². The predicted molar refractivity (Wildman–Crippen MR) is 74.9 cm³/mol. The molecule has 3 heteroatoms. The maximum absolute atomic E-state index is 9.97. The van der Waals surface area contributed by atoms with Crippen LogP contribution in [0.1, 0.15) is 30.4 Å². The summed E-state index contributed by atoms with van der Waals surface area (Å²) in [6.45, 7) is 2.07. The van der Waals surface area contributed by atoms with Gasteiger partial charge >= 0.3 is 0 Å². The summed E-state index contributed by atoms with van der Waals surface area (Å²) >= 11 is 0. The fourth-order valence-electron chi connectivity index (χ4n) is 2.30. The smallest absolute Gasteiger partial charge is 0.123 e. The monoisotopic (exact) mass is 258 g/mol. The molecule has 2 N–H and O–H groups in total. The summed E-state index contributed by atoms with van der Waals surface area (Å²) in [5, 5.41) is 19.3. The molecule has 0 radical (unpaired) electrons.